The number of rotatable bonds is 6. The highest BCUT2D eigenvalue weighted by atomic mass is 16.6. The Bertz CT molecular complexity index is 266. The van der Waals surface area contributed by atoms with Gasteiger partial charge in [-0.3, -0.25) is 9.59 Å². The summed E-state index contributed by atoms with van der Waals surface area (Å²) in [5, 5.41) is 9.74. The van der Waals surface area contributed by atoms with Crippen LogP contribution in [0.1, 0.15) is 48.0 Å². The van der Waals surface area contributed by atoms with Gasteiger partial charge in [0, 0.05) is 0 Å². The van der Waals surface area contributed by atoms with Gasteiger partial charge in [-0.05, 0) is 48.0 Å². The molecule has 18 heavy (non-hydrogen) atoms. The molecule has 5 heteroatoms. The molecule has 0 aliphatic carbocycles. The van der Waals surface area contributed by atoms with E-state index in [2.05, 4.69) is 0 Å². The van der Waals surface area contributed by atoms with Crippen molar-refractivity contribution in [1.82, 2.24) is 0 Å². The second kappa shape index (κ2) is 6.73. The van der Waals surface area contributed by atoms with Gasteiger partial charge < -0.3 is 14.6 Å². The molecule has 1 N–H and O–H groups in total. The molecule has 0 rings (SSSR count). The Hall–Kier alpha value is -1.10. The zero-order valence-corrected chi connectivity index (χ0v) is 12.0. The summed E-state index contributed by atoms with van der Waals surface area (Å²) >= 11 is 0. The van der Waals surface area contributed by atoms with Crippen molar-refractivity contribution in [3.8, 4) is 0 Å². The monoisotopic (exact) mass is 260 g/mol. The molecule has 106 valence electrons. The lowest BCUT2D eigenvalue weighted by molar-refractivity contribution is -0.169. The third-order valence-corrected chi connectivity index (χ3v) is 1.98. The van der Waals surface area contributed by atoms with Crippen LogP contribution in [0.3, 0.4) is 0 Å². The average Bonchev–Trinajstić information content (AvgIpc) is 2.09. The van der Waals surface area contributed by atoms with E-state index in [0.717, 1.165) is 0 Å². The highest BCUT2D eigenvalue weighted by Gasteiger charge is 2.35. The molecule has 0 aromatic rings. The van der Waals surface area contributed by atoms with Gasteiger partial charge in [0.05, 0.1) is 17.8 Å². The first kappa shape index (κ1) is 16.9. The Balaban J connectivity index is 4.82. The molecule has 0 unspecified atom stereocenters. The molecule has 0 aliphatic heterocycles. The van der Waals surface area contributed by atoms with Crippen molar-refractivity contribution in [1.29, 1.82) is 0 Å². The van der Waals surface area contributed by atoms with E-state index < -0.39 is 23.5 Å². The van der Waals surface area contributed by atoms with Crippen LogP contribution in [-0.2, 0) is 19.1 Å². The summed E-state index contributed by atoms with van der Waals surface area (Å²) < 4.78 is 10.0. The molecule has 0 saturated carbocycles. The fourth-order valence-corrected chi connectivity index (χ4v) is 1.39. The summed E-state index contributed by atoms with van der Waals surface area (Å²) in [7, 11) is 0. The smallest absolute Gasteiger partial charge is 0.320 e. The van der Waals surface area contributed by atoms with Crippen LogP contribution in [0.4, 0.5) is 0 Å². The van der Waals surface area contributed by atoms with Gasteiger partial charge in [-0.1, -0.05) is 0 Å². The first-order chi connectivity index (χ1) is 8.03. The molecular formula is C13H24O5. The van der Waals surface area contributed by atoms with Gasteiger partial charge in [0.1, 0.15) is 0 Å². The topological polar surface area (TPSA) is 72.8 Å². The van der Waals surface area contributed by atoms with E-state index in [1.807, 2.05) is 0 Å². The standard InChI is InChI=1S/C13H24O5/c1-8(2)17-11(14)10(7-13(5,6)16)12(15)18-9(3)4/h8-10,16H,7H2,1-6H3. The minimum absolute atomic E-state index is 0.0237. The van der Waals surface area contributed by atoms with E-state index in [4.69, 9.17) is 9.47 Å². The number of carbonyl (C=O) groups is 2. The molecule has 0 saturated heterocycles. The van der Waals surface area contributed by atoms with Gasteiger partial charge in [-0.2, -0.15) is 0 Å². The summed E-state index contributed by atoms with van der Waals surface area (Å²) in [6.45, 7) is 9.87. The number of aliphatic hydroxyl groups is 1. The summed E-state index contributed by atoms with van der Waals surface area (Å²) in [4.78, 5) is 23.6. The highest BCUT2D eigenvalue weighted by Crippen LogP contribution is 2.20. The molecule has 0 fully saturated rings. The van der Waals surface area contributed by atoms with Crippen LogP contribution < -0.4 is 0 Å². The molecule has 0 spiro atoms. The summed E-state index contributed by atoms with van der Waals surface area (Å²) in [6, 6.07) is 0. The minimum Gasteiger partial charge on any atom is -0.462 e. The Labute approximate surface area is 108 Å². The molecule has 0 aromatic carbocycles. The summed E-state index contributed by atoms with van der Waals surface area (Å²) in [5.41, 5.74) is -1.14. The van der Waals surface area contributed by atoms with E-state index in [9.17, 15) is 14.7 Å². The second-order valence-electron chi connectivity index (χ2n) is 5.54. The predicted octanol–water partition coefficient (Wildman–Crippen LogP) is 1.67. The van der Waals surface area contributed by atoms with Crippen LogP contribution in [0, 0.1) is 5.92 Å². The van der Waals surface area contributed by atoms with E-state index in [1.165, 1.54) is 13.8 Å². The maximum Gasteiger partial charge on any atom is 0.320 e. The predicted molar refractivity (Wildman–Crippen MR) is 66.9 cm³/mol. The van der Waals surface area contributed by atoms with Crippen LogP contribution >= 0.6 is 0 Å². The van der Waals surface area contributed by atoms with Crippen molar-refractivity contribution < 1.29 is 24.2 Å². The van der Waals surface area contributed by atoms with Crippen LogP contribution in [-0.4, -0.2) is 34.9 Å². The highest BCUT2D eigenvalue weighted by molar-refractivity contribution is 5.95. The Morgan fingerprint density at radius 3 is 1.56 bits per heavy atom. The number of carbonyl (C=O) groups excluding carboxylic acids is 2. The van der Waals surface area contributed by atoms with Crippen LogP contribution in [0.25, 0.3) is 0 Å². The van der Waals surface area contributed by atoms with Crippen molar-refractivity contribution >= 4 is 11.9 Å². The lowest BCUT2D eigenvalue weighted by Gasteiger charge is -2.24. The summed E-state index contributed by atoms with van der Waals surface area (Å²) in [6.07, 6.45) is -0.647. The van der Waals surface area contributed by atoms with Gasteiger partial charge in [0.2, 0.25) is 0 Å². The lowest BCUT2D eigenvalue weighted by atomic mass is 9.93. The van der Waals surface area contributed by atoms with Gasteiger partial charge in [0.15, 0.2) is 5.92 Å². The van der Waals surface area contributed by atoms with Gasteiger partial charge >= 0.3 is 11.9 Å². The van der Waals surface area contributed by atoms with Crippen molar-refractivity contribution in [2.24, 2.45) is 5.92 Å². The zero-order valence-electron chi connectivity index (χ0n) is 12.0. The van der Waals surface area contributed by atoms with Crippen molar-refractivity contribution in [3.63, 3.8) is 0 Å². The van der Waals surface area contributed by atoms with Crippen LogP contribution in [0.2, 0.25) is 0 Å². The molecule has 0 bridgehead atoms. The van der Waals surface area contributed by atoms with Crippen molar-refractivity contribution in [2.45, 2.75) is 65.8 Å². The molecule has 0 aliphatic rings. The second-order valence-corrected chi connectivity index (χ2v) is 5.54. The minimum atomic E-state index is -1.14. The zero-order chi connectivity index (χ0) is 14.5. The van der Waals surface area contributed by atoms with Crippen molar-refractivity contribution in [3.05, 3.63) is 0 Å². The Kier molecular flexibility index (Phi) is 6.32. The molecule has 0 amide bonds. The Morgan fingerprint density at radius 2 is 1.33 bits per heavy atom. The number of hydrogen-bond donors (Lipinski definition) is 1. The Morgan fingerprint density at radius 1 is 1.00 bits per heavy atom. The molecule has 0 atom stereocenters. The molecule has 0 radical (unpaired) electrons. The molecule has 0 heterocycles. The van der Waals surface area contributed by atoms with E-state index in [-0.39, 0.29) is 18.6 Å². The van der Waals surface area contributed by atoms with Gasteiger partial charge in [0.25, 0.3) is 0 Å². The molecule has 0 aromatic heterocycles. The number of hydrogen-bond acceptors (Lipinski definition) is 5. The lowest BCUT2D eigenvalue weighted by Crippen LogP contribution is -2.36. The fourth-order valence-electron chi connectivity index (χ4n) is 1.39. The number of ether oxygens (including phenoxy) is 2. The normalized spacial score (nSPS) is 12.1. The third kappa shape index (κ3) is 7.27. The van der Waals surface area contributed by atoms with Crippen LogP contribution in [0.5, 0.6) is 0 Å². The maximum atomic E-state index is 11.8. The van der Waals surface area contributed by atoms with Crippen LogP contribution in [0.15, 0.2) is 0 Å². The summed E-state index contributed by atoms with van der Waals surface area (Å²) in [5.74, 6) is -2.40. The van der Waals surface area contributed by atoms with E-state index in [1.54, 1.807) is 27.7 Å². The first-order valence-corrected chi connectivity index (χ1v) is 6.16. The average molecular weight is 260 g/mol. The van der Waals surface area contributed by atoms with Gasteiger partial charge in [-0.25, -0.2) is 0 Å². The fraction of sp³-hybridized carbons (Fsp3) is 0.846. The van der Waals surface area contributed by atoms with Crippen molar-refractivity contribution in [2.75, 3.05) is 0 Å². The quantitative estimate of drug-likeness (QED) is 0.581. The third-order valence-electron chi connectivity index (χ3n) is 1.98. The molecular weight excluding hydrogens is 236 g/mol. The van der Waals surface area contributed by atoms with Gasteiger partial charge in [-0.15, -0.1) is 0 Å². The molecule has 5 nitrogen and oxygen atoms in total. The first-order valence-electron chi connectivity index (χ1n) is 6.16. The van der Waals surface area contributed by atoms with E-state index >= 15 is 0 Å². The van der Waals surface area contributed by atoms with E-state index in [0.29, 0.717) is 0 Å². The number of esters is 2. The SMILES string of the molecule is CC(C)OC(=O)C(CC(C)(C)O)C(=O)OC(C)C. The maximum absolute atomic E-state index is 11.8. The largest absolute Gasteiger partial charge is 0.462 e.